The Balaban J connectivity index is 1.82. The average molecular weight is 495 g/mol. The molecule has 1 heterocycles. The van der Waals surface area contributed by atoms with Crippen molar-refractivity contribution in [2.24, 2.45) is 12.8 Å². The van der Waals surface area contributed by atoms with Crippen molar-refractivity contribution >= 4 is 11.4 Å². The predicted octanol–water partition coefficient (Wildman–Crippen LogP) is 4.25. The molecule has 0 aliphatic heterocycles. The molecule has 0 aliphatic carbocycles. The van der Waals surface area contributed by atoms with Crippen molar-refractivity contribution in [3.63, 3.8) is 0 Å². The molecule has 3 rings (SSSR count). The monoisotopic (exact) mass is 494 g/mol. The lowest BCUT2D eigenvalue weighted by atomic mass is 9.95. The van der Waals surface area contributed by atoms with Gasteiger partial charge in [-0.2, -0.15) is 0 Å². The van der Waals surface area contributed by atoms with Gasteiger partial charge in [-0.25, -0.2) is 13.8 Å². The van der Waals surface area contributed by atoms with E-state index in [1.165, 1.54) is 18.2 Å². The zero-order chi connectivity index (χ0) is 26.4. The first kappa shape index (κ1) is 26.5. The molecule has 3 aromatic rings. The Kier molecular flexibility index (Phi) is 8.47. The molecule has 0 amide bonds. The number of nitrogens with zero attached hydrogens (tertiary/aromatic N) is 2. The zero-order valence-electron chi connectivity index (χ0n) is 21.0. The summed E-state index contributed by atoms with van der Waals surface area (Å²) >= 11 is 0. The van der Waals surface area contributed by atoms with Gasteiger partial charge in [0, 0.05) is 31.8 Å². The van der Waals surface area contributed by atoms with Crippen molar-refractivity contribution in [2.75, 3.05) is 7.05 Å². The van der Waals surface area contributed by atoms with E-state index in [0.29, 0.717) is 29.1 Å². The molecule has 0 atom stereocenters. The van der Waals surface area contributed by atoms with E-state index in [1.807, 2.05) is 25.5 Å². The summed E-state index contributed by atoms with van der Waals surface area (Å²) in [5, 5.41) is 14.2. The van der Waals surface area contributed by atoms with Gasteiger partial charge < -0.3 is 25.7 Å². The summed E-state index contributed by atoms with van der Waals surface area (Å²) in [6.07, 6.45) is 3.65. The molecule has 5 N–H and O–H groups in total. The fourth-order valence-corrected chi connectivity index (χ4v) is 3.78. The fourth-order valence-electron chi connectivity index (χ4n) is 3.78. The molecule has 0 aliphatic rings. The van der Waals surface area contributed by atoms with Gasteiger partial charge in [0.2, 0.25) is 0 Å². The largest absolute Gasteiger partial charge is 0.487 e. The van der Waals surface area contributed by atoms with E-state index < -0.39 is 11.6 Å². The predicted molar refractivity (Wildman–Crippen MR) is 138 cm³/mol. The van der Waals surface area contributed by atoms with E-state index in [2.05, 4.69) is 22.2 Å². The second kappa shape index (κ2) is 11.5. The summed E-state index contributed by atoms with van der Waals surface area (Å²) in [5.41, 5.74) is 8.74. The molecule has 9 heteroatoms. The molecule has 36 heavy (non-hydrogen) atoms. The molecular formula is C27H32F2N6O. The topological polar surface area (TPSA) is 101 Å². The van der Waals surface area contributed by atoms with Gasteiger partial charge in [-0.15, -0.1) is 0 Å². The van der Waals surface area contributed by atoms with Gasteiger partial charge in [-0.1, -0.05) is 18.7 Å². The molecule has 0 spiro atoms. The van der Waals surface area contributed by atoms with Crippen LogP contribution in [0.15, 0.2) is 66.9 Å². The standard InChI is InChI=1S/C27H32F2N6O/c1-16(2)34-27(32-4)25(26(30)31)17(3)23-7-6-18(11-24(23)29)8-19-9-20(28)12-22(10-19)36-14-21-13-33-15-35(21)5/h6-7,9-13,15-16,32,34H,3,8,14H2,1-2,4-5H3,(H3,30,31)/b27-25+. The number of benzene rings is 2. The third-order valence-corrected chi connectivity index (χ3v) is 5.51. The van der Waals surface area contributed by atoms with Gasteiger partial charge in [0.25, 0.3) is 0 Å². The molecule has 0 saturated heterocycles. The van der Waals surface area contributed by atoms with Gasteiger partial charge >= 0.3 is 0 Å². The van der Waals surface area contributed by atoms with Gasteiger partial charge in [0.05, 0.1) is 23.8 Å². The third kappa shape index (κ3) is 6.50. The normalized spacial score (nSPS) is 11.8. The molecule has 190 valence electrons. The maximum Gasteiger partial charge on any atom is 0.131 e. The maximum absolute atomic E-state index is 15.2. The number of aromatic nitrogens is 2. The summed E-state index contributed by atoms with van der Waals surface area (Å²) in [6.45, 7) is 8.12. The van der Waals surface area contributed by atoms with Crippen LogP contribution in [0.5, 0.6) is 5.75 Å². The van der Waals surface area contributed by atoms with Crippen LogP contribution in [0, 0.1) is 17.0 Å². The molecule has 0 saturated carbocycles. The van der Waals surface area contributed by atoms with Crippen LogP contribution in [-0.4, -0.2) is 28.5 Å². The zero-order valence-corrected chi connectivity index (χ0v) is 21.0. The van der Waals surface area contributed by atoms with Crippen LogP contribution >= 0.6 is 0 Å². The van der Waals surface area contributed by atoms with Gasteiger partial charge in [0.15, 0.2) is 0 Å². The van der Waals surface area contributed by atoms with Crippen molar-refractivity contribution in [3.8, 4) is 5.75 Å². The molecule has 0 unspecified atom stereocenters. The van der Waals surface area contributed by atoms with Gasteiger partial charge in [-0.05, 0) is 55.2 Å². The molecular weight excluding hydrogens is 462 g/mol. The van der Waals surface area contributed by atoms with Crippen LogP contribution in [0.4, 0.5) is 8.78 Å². The number of amidine groups is 1. The van der Waals surface area contributed by atoms with Crippen molar-refractivity contribution in [1.82, 2.24) is 20.2 Å². The fraction of sp³-hybridized carbons (Fsp3) is 0.259. The molecule has 0 bridgehead atoms. The van der Waals surface area contributed by atoms with E-state index in [1.54, 1.807) is 37.8 Å². The highest BCUT2D eigenvalue weighted by molar-refractivity contribution is 6.09. The number of hydrogen-bond acceptors (Lipinski definition) is 5. The number of halogens is 2. The Morgan fingerprint density at radius 3 is 2.53 bits per heavy atom. The molecule has 2 aromatic carbocycles. The first-order valence-electron chi connectivity index (χ1n) is 11.5. The molecule has 0 radical (unpaired) electrons. The van der Waals surface area contributed by atoms with E-state index in [9.17, 15) is 4.39 Å². The minimum absolute atomic E-state index is 0.0612. The Morgan fingerprint density at radius 2 is 1.94 bits per heavy atom. The lowest BCUT2D eigenvalue weighted by Gasteiger charge is -2.20. The summed E-state index contributed by atoms with van der Waals surface area (Å²) in [6, 6.07) is 9.23. The minimum Gasteiger partial charge on any atom is -0.487 e. The number of aryl methyl sites for hydroxylation is 1. The average Bonchev–Trinajstić information content (AvgIpc) is 3.21. The highest BCUT2D eigenvalue weighted by Crippen LogP contribution is 2.27. The van der Waals surface area contributed by atoms with E-state index in [4.69, 9.17) is 15.9 Å². The lowest BCUT2D eigenvalue weighted by molar-refractivity contribution is 0.295. The van der Waals surface area contributed by atoms with E-state index in [-0.39, 0.29) is 35.2 Å². The number of nitrogens with one attached hydrogen (secondary N) is 3. The second-order valence-corrected chi connectivity index (χ2v) is 8.76. The quantitative estimate of drug-likeness (QED) is 0.181. The number of nitrogens with two attached hydrogens (primary N) is 1. The Hall–Kier alpha value is -4.14. The first-order valence-corrected chi connectivity index (χ1v) is 11.5. The summed E-state index contributed by atoms with van der Waals surface area (Å²) in [4.78, 5) is 4.04. The van der Waals surface area contributed by atoms with Crippen LogP contribution in [0.2, 0.25) is 0 Å². The van der Waals surface area contributed by atoms with Crippen molar-refractivity contribution < 1.29 is 13.5 Å². The van der Waals surface area contributed by atoms with Crippen molar-refractivity contribution in [2.45, 2.75) is 32.9 Å². The summed E-state index contributed by atoms with van der Waals surface area (Å²) in [5.74, 6) is -0.319. The number of ether oxygens (including phenoxy) is 1. The van der Waals surface area contributed by atoms with Gasteiger partial charge in [-0.3, -0.25) is 5.41 Å². The van der Waals surface area contributed by atoms with Crippen molar-refractivity contribution in [1.29, 1.82) is 5.41 Å². The Labute approximate surface area is 210 Å². The van der Waals surface area contributed by atoms with Crippen LogP contribution in [0.3, 0.4) is 0 Å². The molecule has 0 fully saturated rings. The van der Waals surface area contributed by atoms with Gasteiger partial charge in [0.1, 0.15) is 35.6 Å². The van der Waals surface area contributed by atoms with Crippen molar-refractivity contribution in [3.05, 3.63) is 101 Å². The van der Waals surface area contributed by atoms with Crippen LogP contribution < -0.4 is 21.1 Å². The van der Waals surface area contributed by atoms with E-state index >= 15 is 4.39 Å². The SMILES string of the molecule is C=C(/C(C(=N)N)=C(/NC)NC(C)C)c1ccc(Cc2cc(F)cc(OCc3cncn3C)c2)cc1F. The highest BCUT2D eigenvalue weighted by atomic mass is 19.1. The number of hydrogen-bond donors (Lipinski definition) is 4. The van der Waals surface area contributed by atoms with Crippen LogP contribution in [0.1, 0.15) is 36.2 Å². The Bertz CT molecular complexity index is 1300. The maximum atomic E-state index is 15.2. The van der Waals surface area contributed by atoms with E-state index in [0.717, 1.165) is 5.69 Å². The highest BCUT2D eigenvalue weighted by Gasteiger charge is 2.18. The third-order valence-electron chi connectivity index (χ3n) is 5.51. The summed E-state index contributed by atoms with van der Waals surface area (Å²) < 4.78 is 37.0. The first-order chi connectivity index (χ1) is 17.1. The van der Waals surface area contributed by atoms with Crippen LogP contribution in [0.25, 0.3) is 5.57 Å². The lowest BCUT2D eigenvalue weighted by Crippen LogP contribution is -2.34. The minimum atomic E-state index is -0.514. The number of imidazole rings is 1. The number of rotatable bonds is 11. The summed E-state index contributed by atoms with van der Waals surface area (Å²) in [7, 11) is 3.54. The molecule has 7 nitrogen and oxygen atoms in total. The second-order valence-electron chi connectivity index (χ2n) is 8.76. The molecule has 1 aromatic heterocycles. The van der Waals surface area contributed by atoms with Crippen LogP contribution in [-0.2, 0) is 20.1 Å². The smallest absolute Gasteiger partial charge is 0.131 e. The Morgan fingerprint density at radius 1 is 1.19 bits per heavy atom.